The topological polar surface area (TPSA) is 65.9 Å². The zero-order valence-corrected chi connectivity index (χ0v) is 29.2. The van der Waals surface area contributed by atoms with E-state index in [1.54, 1.807) is 12.2 Å². The van der Waals surface area contributed by atoms with Crippen LogP contribution in [0.25, 0.3) is 23.0 Å². The molecule has 0 unspecified atom stereocenters. The first-order valence-corrected chi connectivity index (χ1v) is 16.6. The van der Waals surface area contributed by atoms with E-state index >= 15 is 0 Å². The number of allylic oxidation sites excluding steroid dienone is 6. The Hall–Kier alpha value is -4.32. The van der Waals surface area contributed by atoms with Crippen LogP contribution in [0.2, 0.25) is 0 Å². The average molecular weight is 622 g/mol. The molecule has 6 heteroatoms. The van der Waals surface area contributed by atoms with Gasteiger partial charge in [0, 0.05) is 52.9 Å². The molecular weight excluding hydrogens is 572 g/mol. The van der Waals surface area contributed by atoms with Crippen molar-refractivity contribution in [3.63, 3.8) is 0 Å². The lowest BCUT2D eigenvalue weighted by atomic mass is 9.82. The molecule has 0 aromatic heterocycles. The van der Waals surface area contributed by atoms with Crippen LogP contribution in [0.4, 0.5) is 5.69 Å². The van der Waals surface area contributed by atoms with Gasteiger partial charge in [-0.25, -0.2) is 4.58 Å². The molecule has 1 aromatic carbocycles. The van der Waals surface area contributed by atoms with Crippen LogP contribution in [0.3, 0.4) is 0 Å². The second kappa shape index (κ2) is 12.5. The predicted octanol–water partition coefficient (Wildman–Crippen LogP) is 8.52. The molecule has 46 heavy (non-hydrogen) atoms. The quantitative estimate of drug-likeness (QED) is 0.212. The van der Waals surface area contributed by atoms with Gasteiger partial charge < -0.3 is 19.2 Å². The van der Waals surface area contributed by atoms with E-state index in [0.29, 0.717) is 11.1 Å². The van der Waals surface area contributed by atoms with Gasteiger partial charge in [0.2, 0.25) is 11.1 Å². The van der Waals surface area contributed by atoms with Gasteiger partial charge in [0.05, 0.1) is 17.2 Å². The number of ether oxygens (including phenoxy) is 1. The van der Waals surface area contributed by atoms with Gasteiger partial charge in [-0.05, 0) is 81.3 Å². The van der Waals surface area contributed by atoms with Crippen molar-refractivity contribution in [3.8, 4) is 17.1 Å². The van der Waals surface area contributed by atoms with Crippen molar-refractivity contribution in [1.82, 2.24) is 4.58 Å². The molecule has 6 nitrogen and oxygen atoms in total. The zero-order chi connectivity index (χ0) is 33.6. The van der Waals surface area contributed by atoms with Gasteiger partial charge in [0.25, 0.3) is 0 Å². The van der Waals surface area contributed by atoms with Crippen LogP contribution in [-0.2, 0) is 10.2 Å². The standard InChI is InChI=1S/C40H48N2O4/c1-11-41(12-2)27-15-17-29-25(21-35(39(5,6)7)45-33(29)23-27)19-31-37(43)32(38(31)44)20-26-22-36(40(8,9)10)46-34-24-28(16-18-30(26)34)42(13-3)14-4/h15-24H,11-14H2,1-10H3/p+1. The molecule has 0 atom stereocenters. The third-order valence-electron chi connectivity index (χ3n) is 8.90. The number of aliphatic hydroxyl groups is 1. The summed E-state index contributed by atoms with van der Waals surface area (Å²) in [5.74, 6) is 2.94. The number of nitrogens with zero attached hydrogens (tertiary/aromatic N) is 2. The van der Waals surface area contributed by atoms with Gasteiger partial charge >= 0.3 is 0 Å². The van der Waals surface area contributed by atoms with Gasteiger partial charge in [-0.15, -0.1) is 0 Å². The second-order valence-corrected chi connectivity index (χ2v) is 14.1. The van der Waals surface area contributed by atoms with Crippen molar-refractivity contribution in [3.05, 3.63) is 99.5 Å². The van der Waals surface area contributed by atoms with Crippen molar-refractivity contribution in [2.45, 2.75) is 74.7 Å². The maximum absolute atomic E-state index is 13.7. The fourth-order valence-electron chi connectivity index (χ4n) is 5.97. The van der Waals surface area contributed by atoms with E-state index < -0.39 is 0 Å². The third kappa shape index (κ3) is 6.22. The molecule has 0 fully saturated rings. The summed E-state index contributed by atoms with van der Waals surface area (Å²) in [7, 11) is 0. The molecule has 1 N–H and O–H groups in total. The molecule has 2 heterocycles. The fraction of sp³-hybridized carbons (Fsp3) is 0.400. The Morgan fingerprint density at radius 1 is 0.848 bits per heavy atom. The first-order valence-electron chi connectivity index (χ1n) is 16.6. The van der Waals surface area contributed by atoms with Crippen LogP contribution < -0.4 is 19.6 Å². The summed E-state index contributed by atoms with van der Waals surface area (Å²) in [6.07, 6.45) is 5.59. The molecule has 0 radical (unpaired) electrons. The summed E-state index contributed by atoms with van der Waals surface area (Å²) in [6, 6.07) is 14.4. The van der Waals surface area contributed by atoms with Crippen molar-refractivity contribution in [1.29, 1.82) is 0 Å². The number of anilines is 1. The number of aliphatic hydroxyl groups excluding tert-OH is 1. The number of hydrogen-bond donors (Lipinski definition) is 1. The molecule has 0 spiro atoms. The smallest absolute Gasteiger partial charge is 0.203 e. The van der Waals surface area contributed by atoms with E-state index in [-0.39, 0.29) is 22.4 Å². The van der Waals surface area contributed by atoms with Gasteiger partial charge in [-0.2, -0.15) is 0 Å². The van der Waals surface area contributed by atoms with E-state index in [1.807, 2.05) is 24.3 Å². The van der Waals surface area contributed by atoms with Crippen molar-refractivity contribution >= 4 is 23.1 Å². The molecule has 4 aliphatic rings. The molecule has 5 rings (SSSR count). The van der Waals surface area contributed by atoms with Crippen molar-refractivity contribution < 1.29 is 19.1 Å². The lowest BCUT2D eigenvalue weighted by Crippen LogP contribution is -2.29. The first kappa shape index (κ1) is 33.1. The minimum Gasteiger partial charge on any atom is -0.506 e. The Morgan fingerprint density at radius 3 is 2.11 bits per heavy atom. The van der Waals surface area contributed by atoms with Gasteiger partial charge in [-0.1, -0.05) is 41.5 Å². The van der Waals surface area contributed by atoms with Crippen molar-refractivity contribution in [2.24, 2.45) is 5.41 Å². The van der Waals surface area contributed by atoms with E-state index in [0.717, 1.165) is 82.5 Å². The molecule has 0 saturated carbocycles. The van der Waals surface area contributed by atoms with E-state index in [2.05, 4.69) is 103 Å². The maximum atomic E-state index is 13.7. The highest BCUT2D eigenvalue weighted by Gasteiger charge is 2.35. The minimum atomic E-state index is -0.248. The van der Waals surface area contributed by atoms with Crippen LogP contribution in [0.1, 0.15) is 86.1 Å². The number of hydrogen-bond acceptors (Lipinski definition) is 5. The summed E-state index contributed by atoms with van der Waals surface area (Å²) < 4.78 is 15.1. The van der Waals surface area contributed by atoms with Crippen LogP contribution in [-0.4, -0.2) is 37.1 Å². The van der Waals surface area contributed by atoms with Gasteiger partial charge in [0.1, 0.15) is 41.9 Å². The number of Topliss-reactive ketones (excluding diaryl/α,β-unsaturated/α-hetero) is 1. The molecule has 2 aliphatic carbocycles. The van der Waals surface area contributed by atoms with Gasteiger partial charge in [0.15, 0.2) is 0 Å². The van der Waals surface area contributed by atoms with Crippen LogP contribution >= 0.6 is 0 Å². The molecule has 1 aromatic rings. The number of benzene rings is 2. The maximum Gasteiger partial charge on any atom is 0.203 e. The van der Waals surface area contributed by atoms with Crippen molar-refractivity contribution in [2.75, 3.05) is 31.1 Å². The lowest BCUT2D eigenvalue weighted by molar-refractivity contribution is -0.113. The molecule has 0 amide bonds. The van der Waals surface area contributed by atoms with Gasteiger partial charge in [-0.3, -0.25) is 4.79 Å². The van der Waals surface area contributed by atoms with Crippen LogP contribution in [0, 0.1) is 5.41 Å². The number of ketones is 1. The average Bonchev–Trinajstić information content (AvgIpc) is 3.01. The summed E-state index contributed by atoms with van der Waals surface area (Å²) >= 11 is 0. The van der Waals surface area contributed by atoms with Crippen LogP contribution in [0.15, 0.2) is 81.7 Å². The Morgan fingerprint density at radius 2 is 1.52 bits per heavy atom. The Balaban J connectivity index is 1.62. The van der Waals surface area contributed by atoms with Crippen LogP contribution in [0.5, 0.6) is 5.75 Å². The minimum absolute atomic E-state index is 0.00187. The summed E-state index contributed by atoms with van der Waals surface area (Å²) in [6.45, 7) is 24.8. The Bertz CT molecular complexity index is 1840. The second-order valence-electron chi connectivity index (χ2n) is 14.1. The summed E-state index contributed by atoms with van der Waals surface area (Å²) in [5.41, 5.74) is 4.67. The molecule has 0 bridgehead atoms. The highest BCUT2D eigenvalue weighted by atomic mass is 16.5. The zero-order valence-electron chi connectivity index (χ0n) is 29.2. The predicted molar refractivity (Wildman–Crippen MR) is 189 cm³/mol. The fourth-order valence-corrected chi connectivity index (χ4v) is 5.97. The van der Waals surface area contributed by atoms with E-state index in [1.165, 1.54) is 0 Å². The SMILES string of the molecule is CCN(CC)c1ccc2c(c1)OC(C(C)(C)C)=C/C2=C\C1=C(O)C(=C/c2cc(C(C)(C)C)oc3cc(=[N+](CC)CC)ccc2-3)/C1=O. The largest absolute Gasteiger partial charge is 0.506 e. The monoisotopic (exact) mass is 621 g/mol. The lowest BCUT2D eigenvalue weighted by Gasteiger charge is -2.30. The molecule has 242 valence electrons. The summed E-state index contributed by atoms with van der Waals surface area (Å²) in [5, 5.41) is 12.4. The van der Waals surface area contributed by atoms with E-state index in [4.69, 9.17) is 9.15 Å². The normalized spacial score (nSPS) is 16.8. The van der Waals surface area contributed by atoms with E-state index in [9.17, 15) is 9.90 Å². The summed E-state index contributed by atoms with van der Waals surface area (Å²) in [4.78, 5) is 16.0. The highest BCUT2D eigenvalue weighted by molar-refractivity contribution is 6.24. The number of carbonyl (C=O) groups is 1. The number of rotatable bonds is 7. The molecular formula is C40H49N2O4+. The number of fused-ring (bicyclic) bond motifs is 2. The molecule has 0 saturated heterocycles. The number of carbonyl (C=O) groups excluding carboxylic acids is 1. The Kier molecular flexibility index (Phi) is 8.96. The molecule has 2 aliphatic heterocycles. The first-order chi connectivity index (χ1) is 21.7. The third-order valence-corrected chi connectivity index (χ3v) is 8.90. The highest BCUT2D eigenvalue weighted by Crippen LogP contribution is 2.44. The Labute approximate surface area is 274 Å².